The minimum Gasteiger partial charge on any atom is -0.460 e. The summed E-state index contributed by atoms with van der Waals surface area (Å²) < 4.78 is 41.3. The molecule has 0 spiro atoms. The maximum Gasteiger partial charge on any atom is 0.329 e. The Bertz CT molecular complexity index is 1720. The van der Waals surface area contributed by atoms with Gasteiger partial charge in [-0.2, -0.15) is 0 Å². The molecule has 0 aromatic carbocycles. The van der Waals surface area contributed by atoms with Gasteiger partial charge in [-0.25, -0.2) is 4.79 Å². The van der Waals surface area contributed by atoms with E-state index >= 15 is 0 Å². The van der Waals surface area contributed by atoms with Gasteiger partial charge in [0.05, 0.1) is 37.6 Å². The fraction of sp³-hybridized carbons (Fsp3) is 0.745. The number of carbonyl (C=O) groups is 5. The van der Waals surface area contributed by atoms with Gasteiger partial charge >= 0.3 is 5.97 Å². The number of cyclic esters (lactones) is 1. The smallest absolute Gasteiger partial charge is 0.329 e. The van der Waals surface area contributed by atoms with Crippen LogP contribution in [0.1, 0.15) is 124 Å². The topological polar surface area (TPSA) is 194 Å². The van der Waals surface area contributed by atoms with Crippen molar-refractivity contribution in [2.24, 2.45) is 17.8 Å². The first-order valence-electron chi connectivity index (χ1n) is 24.2. The Labute approximate surface area is 392 Å². The zero-order chi connectivity index (χ0) is 48.4. The lowest BCUT2D eigenvalue weighted by molar-refractivity contribution is -0.265. The number of aliphatic hydroxyl groups excluding tert-OH is 1. The van der Waals surface area contributed by atoms with Crippen molar-refractivity contribution < 1.29 is 67.3 Å². The molecule has 3 fully saturated rings. The lowest BCUT2D eigenvalue weighted by Gasteiger charge is -2.42. The maximum absolute atomic E-state index is 14.3. The number of carbonyl (C=O) groups excluding carboxylic acids is 5. The summed E-state index contributed by atoms with van der Waals surface area (Å²) >= 11 is 0. The van der Waals surface area contributed by atoms with Crippen molar-refractivity contribution in [3.05, 3.63) is 47.6 Å². The molecular weight excluding hydrogens is 851 g/mol. The third kappa shape index (κ3) is 15.3. The monoisotopic (exact) mass is 930 g/mol. The van der Waals surface area contributed by atoms with E-state index in [0.29, 0.717) is 69.8 Å². The van der Waals surface area contributed by atoms with Crippen LogP contribution in [0.2, 0.25) is 0 Å². The highest BCUT2D eigenvalue weighted by atomic mass is 16.6. The number of ether oxygens (including phenoxy) is 7. The van der Waals surface area contributed by atoms with E-state index in [1.807, 2.05) is 37.3 Å². The van der Waals surface area contributed by atoms with Gasteiger partial charge in [0.25, 0.3) is 11.7 Å². The van der Waals surface area contributed by atoms with Crippen LogP contribution in [0.4, 0.5) is 0 Å². The van der Waals surface area contributed by atoms with Crippen molar-refractivity contribution in [1.29, 1.82) is 0 Å². The molecule has 1 amide bonds. The summed E-state index contributed by atoms with van der Waals surface area (Å²) in [4.78, 5) is 71.5. The lowest BCUT2D eigenvalue weighted by atomic mass is 9.81. The van der Waals surface area contributed by atoms with Crippen LogP contribution in [0.25, 0.3) is 0 Å². The molecule has 0 aromatic rings. The molecule has 12 atom stereocenters. The number of Topliss-reactive ketones (excluding diaryl/α,β-unsaturated/α-hetero) is 3. The molecule has 0 aromatic heterocycles. The highest BCUT2D eigenvalue weighted by Crippen LogP contribution is 2.37. The van der Waals surface area contributed by atoms with E-state index in [-0.39, 0.29) is 68.7 Å². The molecule has 2 saturated heterocycles. The third-order valence-electron chi connectivity index (χ3n) is 14.0. The molecule has 1 aliphatic carbocycles. The van der Waals surface area contributed by atoms with Crippen LogP contribution in [-0.4, -0.2) is 147 Å². The molecule has 3 aliphatic heterocycles. The van der Waals surface area contributed by atoms with Gasteiger partial charge in [-0.15, -0.1) is 0 Å². The lowest BCUT2D eigenvalue weighted by Crippen LogP contribution is -2.60. The molecule has 3 heterocycles. The molecule has 2 N–H and O–H groups in total. The minimum atomic E-state index is -2.41. The number of ketones is 3. The summed E-state index contributed by atoms with van der Waals surface area (Å²) in [5.41, 5.74) is 1.54. The van der Waals surface area contributed by atoms with Crippen LogP contribution in [-0.2, 0) is 57.1 Å². The summed E-state index contributed by atoms with van der Waals surface area (Å²) in [6, 6.07) is -1.11. The molecule has 1 saturated carbocycles. The highest BCUT2D eigenvalue weighted by molar-refractivity contribution is 6.39. The van der Waals surface area contributed by atoms with Crippen LogP contribution in [0, 0.1) is 17.8 Å². The molecule has 4 rings (SSSR count). The SMILES string of the molecule is CO[C@H]1C[C@@H]2CC[C@@H](C)[C@@](O)(O2)C(=O)C(=O)N2CCCC[C@H]2C(=O)O[C@H](CC[C@@H]2CC[C@@H](OCCO)[C@H](OC)C2)CC(=O)[C@H](C)/C=C(\C)[C@@H](OC)[C@@H](OC)C(=O)CCC/C=C/C=CC=C1C. The third-order valence-corrected chi connectivity index (χ3v) is 14.0. The van der Waals surface area contributed by atoms with Crippen LogP contribution in [0.3, 0.4) is 0 Å². The first-order chi connectivity index (χ1) is 31.6. The van der Waals surface area contributed by atoms with Crippen LogP contribution < -0.4 is 0 Å². The molecule has 372 valence electrons. The number of allylic oxidation sites excluding steroid dienone is 6. The second-order valence-corrected chi connectivity index (χ2v) is 18.7. The van der Waals surface area contributed by atoms with Crippen molar-refractivity contribution in [3.8, 4) is 0 Å². The average Bonchev–Trinajstić information content (AvgIpc) is 3.31. The summed E-state index contributed by atoms with van der Waals surface area (Å²) in [5.74, 6) is -6.74. The second kappa shape index (κ2) is 27.6. The summed E-state index contributed by atoms with van der Waals surface area (Å²) in [5, 5.41) is 21.2. The van der Waals surface area contributed by atoms with E-state index in [1.54, 1.807) is 41.1 Å². The van der Waals surface area contributed by atoms with E-state index in [2.05, 4.69) is 0 Å². The predicted octanol–water partition coefficient (Wildman–Crippen LogP) is 6.11. The van der Waals surface area contributed by atoms with E-state index in [1.165, 1.54) is 19.1 Å². The Balaban J connectivity index is 1.65. The van der Waals surface area contributed by atoms with Gasteiger partial charge in [0.15, 0.2) is 5.78 Å². The molecule has 15 nitrogen and oxygen atoms in total. The summed E-state index contributed by atoms with van der Waals surface area (Å²) in [6.07, 6.45) is 14.8. The standard InChI is InChI=1S/C51H79NO14/c1-33-17-13-11-9-10-12-14-19-41(54)47(63-8)46(62-7)35(3)29-34(2)42(55)31-38(24-21-37-22-25-43(64-28-27-53)45(30-37)61-6)65-50(58)40-18-15-16-26-52(40)49(57)48(56)51(59)36(4)20-23-39(66-51)32-44(33)60-5/h9-11,13,17,29,34,36-40,43-47,53,59H,12,14-16,18-28,30-32H2,1-8H3/b10-9+,13-11?,33-17?,35-29+/t34-,36-,37-,38-,39+,40+,43-,44+,45-,46-,47+,51-/m1/s1. The van der Waals surface area contributed by atoms with Crippen molar-refractivity contribution in [2.75, 3.05) is 48.2 Å². The Morgan fingerprint density at radius 3 is 2.24 bits per heavy atom. The van der Waals surface area contributed by atoms with Crippen molar-refractivity contribution >= 4 is 29.2 Å². The van der Waals surface area contributed by atoms with E-state index in [0.717, 1.165) is 18.4 Å². The second-order valence-electron chi connectivity index (χ2n) is 18.7. The number of methoxy groups -OCH3 is 4. The Morgan fingerprint density at radius 1 is 0.788 bits per heavy atom. The molecule has 0 unspecified atom stereocenters. The number of rotatable bonds is 10. The van der Waals surface area contributed by atoms with Crippen molar-refractivity contribution in [1.82, 2.24) is 4.90 Å². The number of fused-ring (bicyclic) bond motifs is 3. The molecule has 66 heavy (non-hydrogen) atoms. The van der Waals surface area contributed by atoms with Crippen LogP contribution in [0.15, 0.2) is 47.6 Å². The van der Waals surface area contributed by atoms with Gasteiger partial charge in [-0.1, -0.05) is 50.3 Å². The highest BCUT2D eigenvalue weighted by Gasteiger charge is 2.53. The summed E-state index contributed by atoms with van der Waals surface area (Å²) in [6.45, 7) is 7.39. The minimum absolute atomic E-state index is 0.0858. The van der Waals surface area contributed by atoms with E-state index in [9.17, 15) is 34.2 Å². The molecule has 2 bridgehead atoms. The van der Waals surface area contributed by atoms with Crippen LogP contribution >= 0.6 is 0 Å². The fourth-order valence-corrected chi connectivity index (χ4v) is 9.92. The molecule has 4 aliphatic rings. The van der Waals surface area contributed by atoms with E-state index < -0.39 is 71.8 Å². The predicted molar refractivity (Wildman–Crippen MR) is 247 cm³/mol. The van der Waals surface area contributed by atoms with Gasteiger partial charge in [0.2, 0.25) is 5.79 Å². The molecule has 0 radical (unpaired) electrons. The van der Waals surface area contributed by atoms with Gasteiger partial charge < -0.3 is 48.3 Å². The Hall–Kier alpha value is -3.41. The average molecular weight is 930 g/mol. The van der Waals surface area contributed by atoms with Gasteiger partial charge in [-0.3, -0.25) is 19.2 Å². The zero-order valence-corrected chi connectivity index (χ0v) is 40.8. The quantitative estimate of drug-likeness (QED) is 0.145. The van der Waals surface area contributed by atoms with Crippen LogP contribution in [0.5, 0.6) is 0 Å². The number of piperidine rings is 1. The first-order valence-corrected chi connectivity index (χ1v) is 24.2. The fourth-order valence-electron chi connectivity index (χ4n) is 9.92. The Morgan fingerprint density at radius 2 is 1.55 bits per heavy atom. The van der Waals surface area contributed by atoms with Crippen molar-refractivity contribution in [2.45, 2.75) is 179 Å². The number of hydrogen-bond acceptors (Lipinski definition) is 14. The zero-order valence-electron chi connectivity index (χ0n) is 40.8. The Kier molecular flexibility index (Phi) is 23.0. The number of nitrogens with zero attached hydrogens (tertiary/aromatic N) is 1. The molecular formula is C51H79NO14. The first kappa shape index (κ1) is 55.2. The van der Waals surface area contributed by atoms with E-state index in [4.69, 9.17) is 33.2 Å². The van der Waals surface area contributed by atoms with Gasteiger partial charge in [0, 0.05) is 66.1 Å². The maximum atomic E-state index is 14.3. The normalized spacial score (nSPS) is 35.9. The van der Waals surface area contributed by atoms with Gasteiger partial charge in [0.1, 0.15) is 30.1 Å². The largest absolute Gasteiger partial charge is 0.460 e. The number of amides is 1. The number of esters is 1. The summed E-state index contributed by atoms with van der Waals surface area (Å²) in [7, 11) is 6.19. The van der Waals surface area contributed by atoms with Crippen molar-refractivity contribution in [3.63, 3.8) is 0 Å². The number of hydrogen-bond donors (Lipinski definition) is 2. The number of aliphatic hydroxyl groups is 2. The van der Waals surface area contributed by atoms with Gasteiger partial charge in [-0.05, 0) is 108 Å². The molecule has 15 heteroatoms.